The van der Waals surface area contributed by atoms with E-state index in [1.165, 1.54) is 18.3 Å². The second kappa shape index (κ2) is 6.00. The van der Waals surface area contributed by atoms with E-state index in [2.05, 4.69) is 14.8 Å². The fourth-order valence-corrected chi connectivity index (χ4v) is 1.53. The number of halogens is 1. The number of carbonyl (C=O) groups is 1. The Kier molecular flexibility index (Phi) is 4.14. The van der Waals surface area contributed by atoms with Gasteiger partial charge < -0.3 is 14.7 Å². The van der Waals surface area contributed by atoms with Crippen molar-refractivity contribution < 1.29 is 23.9 Å². The monoisotopic (exact) mass is 281 g/mol. The number of carbonyl (C=O) groups excluding carboxylic acids is 1. The van der Waals surface area contributed by atoms with Gasteiger partial charge in [0, 0.05) is 17.8 Å². The van der Waals surface area contributed by atoms with Crippen LogP contribution >= 0.6 is 0 Å². The Hall–Kier alpha value is -2.64. The molecule has 0 aliphatic rings. The van der Waals surface area contributed by atoms with Crippen LogP contribution in [0.4, 0.5) is 4.39 Å². The van der Waals surface area contributed by atoms with Gasteiger partial charge in [-0.15, -0.1) is 0 Å². The maximum Gasteiger partial charge on any atom is 0.344 e. The van der Waals surface area contributed by atoms with Crippen molar-refractivity contribution in [2.24, 2.45) is 0 Å². The van der Waals surface area contributed by atoms with Gasteiger partial charge in [-0.05, 0) is 13.0 Å². The number of rotatable bonds is 5. The Morgan fingerprint density at radius 3 is 3.05 bits per heavy atom. The minimum Gasteiger partial charge on any atom is -0.464 e. The zero-order valence-electron chi connectivity index (χ0n) is 10.6. The van der Waals surface area contributed by atoms with Gasteiger partial charge in [0.2, 0.25) is 5.88 Å². The van der Waals surface area contributed by atoms with Gasteiger partial charge in [0.15, 0.2) is 12.4 Å². The molecule has 0 unspecified atom stereocenters. The molecule has 2 aromatic rings. The Bertz CT molecular complexity index is 614. The summed E-state index contributed by atoms with van der Waals surface area (Å²) in [6.07, 6.45) is 2.39. The van der Waals surface area contributed by atoms with Gasteiger partial charge in [-0.3, -0.25) is 4.98 Å². The molecule has 0 radical (unpaired) electrons. The first-order valence-corrected chi connectivity index (χ1v) is 5.79. The van der Waals surface area contributed by atoms with Gasteiger partial charge in [-0.25, -0.2) is 9.18 Å². The summed E-state index contributed by atoms with van der Waals surface area (Å²) >= 11 is 0. The zero-order chi connectivity index (χ0) is 14.5. The molecule has 0 amide bonds. The number of nitrogens with zero attached hydrogens (tertiary/aromatic N) is 3. The van der Waals surface area contributed by atoms with Crippen molar-refractivity contribution in [2.75, 3.05) is 13.2 Å². The molecular weight excluding hydrogens is 269 g/mol. The number of hydrogen-bond acceptors (Lipinski definition) is 6. The van der Waals surface area contributed by atoms with Gasteiger partial charge in [0.1, 0.15) is 5.69 Å². The minimum absolute atomic E-state index is 0.0215. The van der Waals surface area contributed by atoms with Crippen LogP contribution in [0, 0.1) is 5.82 Å². The molecule has 0 atom stereocenters. The van der Waals surface area contributed by atoms with Gasteiger partial charge in [0.05, 0.1) is 12.8 Å². The Labute approximate surface area is 113 Å². The first-order chi connectivity index (χ1) is 9.61. The average molecular weight is 281 g/mol. The fourth-order valence-electron chi connectivity index (χ4n) is 1.53. The Balaban J connectivity index is 2.14. The molecule has 0 saturated heterocycles. The van der Waals surface area contributed by atoms with Crippen LogP contribution in [0.15, 0.2) is 24.5 Å². The number of hydrogen-bond donors (Lipinski definition) is 1. The Morgan fingerprint density at radius 2 is 2.35 bits per heavy atom. The zero-order valence-corrected chi connectivity index (χ0v) is 10.6. The smallest absolute Gasteiger partial charge is 0.344 e. The molecule has 20 heavy (non-hydrogen) atoms. The molecule has 0 spiro atoms. The summed E-state index contributed by atoms with van der Waals surface area (Å²) in [5.41, 5.74) is 0.199. The summed E-state index contributed by atoms with van der Waals surface area (Å²) in [5, 5.41) is 13.2. The summed E-state index contributed by atoms with van der Waals surface area (Å²) in [4.78, 5) is 15.2. The van der Waals surface area contributed by atoms with Crippen LogP contribution in [0.3, 0.4) is 0 Å². The van der Waals surface area contributed by atoms with Crippen LogP contribution in [-0.4, -0.2) is 39.3 Å². The molecule has 2 rings (SSSR count). The van der Waals surface area contributed by atoms with Crippen molar-refractivity contribution in [3.05, 3.63) is 30.3 Å². The van der Waals surface area contributed by atoms with E-state index in [4.69, 9.17) is 4.74 Å². The maximum atomic E-state index is 13.5. The standard InChI is InChI=1S/C12H12FN3O4/c1-2-19-12(17)7-20-11-5-10(16(18)15-11)8-3-4-14-6-9(8)13/h3-6,18H,2,7H2,1H3. The molecule has 7 nitrogen and oxygen atoms in total. The second-order valence-corrected chi connectivity index (χ2v) is 3.71. The van der Waals surface area contributed by atoms with Crippen LogP contribution < -0.4 is 4.74 Å². The highest BCUT2D eigenvalue weighted by atomic mass is 19.1. The van der Waals surface area contributed by atoms with Crippen molar-refractivity contribution in [3.63, 3.8) is 0 Å². The van der Waals surface area contributed by atoms with Gasteiger partial charge >= 0.3 is 5.97 Å². The number of ether oxygens (including phenoxy) is 2. The van der Waals surface area contributed by atoms with Crippen molar-refractivity contribution >= 4 is 5.97 Å². The predicted octanol–water partition coefficient (Wildman–Crippen LogP) is 1.26. The third-order valence-corrected chi connectivity index (χ3v) is 2.36. The molecule has 0 aliphatic heterocycles. The molecule has 0 aliphatic carbocycles. The topological polar surface area (TPSA) is 86.5 Å². The lowest BCUT2D eigenvalue weighted by atomic mass is 10.2. The van der Waals surface area contributed by atoms with Crippen LogP contribution in [0.25, 0.3) is 11.3 Å². The fraction of sp³-hybridized carbons (Fsp3) is 0.250. The SMILES string of the molecule is CCOC(=O)COc1cc(-c2ccncc2F)n(O)n1. The lowest BCUT2D eigenvalue weighted by Gasteiger charge is -2.01. The third-order valence-electron chi connectivity index (χ3n) is 2.36. The summed E-state index contributed by atoms with van der Waals surface area (Å²) in [7, 11) is 0. The largest absolute Gasteiger partial charge is 0.464 e. The Morgan fingerprint density at radius 1 is 1.55 bits per heavy atom. The number of aromatic nitrogens is 3. The van der Waals surface area contributed by atoms with E-state index in [0.717, 1.165) is 6.20 Å². The van der Waals surface area contributed by atoms with E-state index < -0.39 is 11.8 Å². The quantitative estimate of drug-likeness (QED) is 0.656. The van der Waals surface area contributed by atoms with Crippen molar-refractivity contribution in [1.82, 2.24) is 14.9 Å². The van der Waals surface area contributed by atoms with E-state index in [9.17, 15) is 14.4 Å². The first-order valence-electron chi connectivity index (χ1n) is 5.79. The highest BCUT2D eigenvalue weighted by molar-refractivity contribution is 5.71. The minimum atomic E-state index is -0.611. The first kappa shape index (κ1) is 13.8. The highest BCUT2D eigenvalue weighted by Gasteiger charge is 2.15. The molecule has 0 fully saturated rings. The molecule has 8 heteroatoms. The number of esters is 1. The van der Waals surface area contributed by atoms with Crippen LogP contribution in [0.1, 0.15) is 6.92 Å². The van der Waals surface area contributed by atoms with Crippen molar-refractivity contribution in [3.8, 4) is 17.1 Å². The van der Waals surface area contributed by atoms with Gasteiger partial charge in [-0.1, -0.05) is 9.94 Å². The van der Waals surface area contributed by atoms with Crippen LogP contribution in [0.5, 0.6) is 5.88 Å². The third kappa shape index (κ3) is 3.02. The van der Waals surface area contributed by atoms with Crippen LogP contribution in [0.2, 0.25) is 0 Å². The predicted molar refractivity (Wildman–Crippen MR) is 64.7 cm³/mol. The molecule has 1 N–H and O–H groups in total. The maximum absolute atomic E-state index is 13.5. The van der Waals surface area contributed by atoms with E-state index in [1.54, 1.807) is 6.92 Å². The summed E-state index contributed by atoms with van der Waals surface area (Å²) in [5.74, 6) is -1.19. The molecule has 106 valence electrons. The van der Waals surface area contributed by atoms with E-state index in [0.29, 0.717) is 4.85 Å². The van der Waals surface area contributed by atoms with Crippen LogP contribution in [-0.2, 0) is 9.53 Å². The van der Waals surface area contributed by atoms with Gasteiger partial charge in [-0.2, -0.15) is 0 Å². The second-order valence-electron chi connectivity index (χ2n) is 3.71. The average Bonchev–Trinajstić information content (AvgIpc) is 2.79. The lowest BCUT2D eigenvalue weighted by Crippen LogP contribution is -2.14. The van der Waals surface area contributed by atoms with Crippen molar-refractivity contribution in [1.29, 1.82) is 0 Å². The molecule has 2 aromatic heterocycles. The summed E-state index contributed by atoms with van der Waals surface area (Å²) in [6.45, 7) is 1.57. The van der Waals surface area contributed by atoms with Crippen molar-refractivity contribution in [2.45, 2.75) is 6.92 Å². The molecule has 0 aromatic carbocycles. The number of pyridine rings is 1. The van der Waals surface area contributed by atoms with Gasteiger partial charge in [0.25, 0.3) is 0 Å². The lowest BCUT2D eigenvalue weighted by molar-refractivity contribution is -0.145. The summed E-state index contributed by atoms with van der Waals surface area (Å²) < 4.78 is 23.3. The molecule has 2 heterocycles. The molecule has 0 saturated carbocycles. The molecule has 0 bridgehead atoms. The molecular formula is C12H12FN3O4. The van der Waals surface area contributed by atoms with E-state index in [1.807, 2.05) is 0 Å². The van der Waals surface area contributed by atoms with E-state index in [-0.39, 0.29) is 30.4 Å². The normalized spacial score (nSPS) is 10.3. The highest BCUT2D eigenvalue weighted by Crippen LogP contribution is 2.24. The van der Waals surface area contributed by atoms with E-state index >= 15 is 0 Å². The summed E-state index contributed by atoms with van der Waals surface area (Å²) in [6, 6.07) is 2.69.